The molecule has 0 atom stereocenters. The van der Waals surface area contributed by atoms with Crippen molar-refractivity contribution in [2.75, 3.05) is 26.2 Å². The zero-order valence-corrected chi connectivity index (χ0v) is 16.6. The molecule has 0 aromatic rings. The first-order valence-corrected chi connectivity index (χ1v) is 9.70. The summed E-state index contributed by atoms with van der Waals surface area (Å²) in [7, 11) is 0. The highest BCUT2D eigenvalue weighted by molar-refractivity contribution is 7.80. The Bertz CT molecular complexity index is 410. The van der Waals surface area contributed by atoms with Crippen molar-refractivity contribution in [1.29, 1.82) is 0 Å². The maximum Gasteiger partial charge on any atom is 0.303 e. The highest BCUT2D eigenvalue weighted by atomic mass is 32.1. The van der Waals surface area contributed by atoms with Crippen molar-refractivity contribution in [3.05, 3.63) is 0 Å². The minimum atomic E-state index is -0.796. The number of carboxylic acids is 2. The van der Waals surface area contributed by atoms with Gasteiger partial charge in [-0.3, -0.25) is 9.59 Å². The van der Waals surface area contributed by atoms with Gasteiger partial charge in [0.25, 0.3) is 0 Å². The lowest BCUT2D eigenvalue weighted by molar-refractivity contribution is -0.138. The molecule has 0 aliphatic carbocycles. The van der Waals surface area contributed by atoms with Crippen LogP contribution in [0.25, 0.3) is 0 Å². The Labute approximate surface area is 165 Å². The van der Waals surface area contributed by atoms with E-state index < -0.39 is 11.9 Å². The van der Waals surface area contributed by atoms with Crippen molar-refractivity contribution in [1.82, 2.24) is 21.3 Å². The number of hydrogen-bond acceptors (Lipinski definition) is 4. The summed E-state index contributed by atoms with van der Waals surface area (Å²) in [5.41, 5.74) is 0. The van der Waals surface area contributed by atoms with Gasteiger partial charge in [0.2, 0.25) is 0 Å². The van der Waals surface area contributed by atoms with Crippen molar-refractivity contribution in [3.63, 3.8) is 0 Å². The third kappa shape index (κ3) is 18.7. The molecule has 10 heteroatoms. The van der Waals surface area contributed by atoms with Gasteiger partial charge in [-0.05, 0) is 50.1 Å². The van der Waals surface area contributed by atoms with E-state index in [4.69, 9.17) is 34.6 Å². The molecule has 0 fully saturated rings. The van der Waals surface area contributed by atoms with Gasteiger partial charge in [0, 0.05) is 39.0 Å². The first-order valence-electron chi connectivity index (χ1n) is 8.89. The lowest BCUT2D eigenvalue weighted by Gasteiger charge is -2.11. The van der Waals surface area contributed by atoms with E-state index in [1.165, 1.54) is 0 Å². The number of aliphatic carboxylic acids is 2. The number of nitrogens with one attached hydrogen (secondary N) is 4. The average Bonchev–Trinajstić information content (AvgIpc) is 2.57. The third-order valence-corrected chi connectivity index (χ3v) is 3.96. The summed E-state index contributed by atoms with van der Waals surface area (Å²) in [6.07, 6.45) is 5.57. The molecule has 0 aromatic heterocycles. The monoisotopic (exact) mass is 406 g/mol. The van der Waals surface area contributed by atoms with Gasteiger partial charge in [-0.25, -0.2) is 0 Å². The molecule has 0 rings (SSSR count). The topological polar surface area (TPSA) is 123 Å². The van der Waals surface area contributed by atoms with Gasteiger partial charge in [0.1, 0.15) is 0 Å². The second-order valence-electron chi connectivity index (χ2n) is 5.77. The van der Waals surface area contributed by atoms with Gasteiger partial charge < -0.3 is 31.5 Å². The van der Waals surface area contributed by atoms with E-state index in [0.717, 1.165) is 38.8 Å². The molecular weight excluding hydrogens is 376 g/mol. The summed E-state index contributed by atoms with van der Waals surface area (Å²) < 4.78 is 0. The Balaban J connectivity index is 3.32. The molecule has 0 saturated carbocycles. The molecule has 0 unspecified atom stereocenters. The van der Waals surface area contributed by atoms with Crippen LogP contribution in [0.5, 0.6) is 0 Å². The van der Waals surface area contributed by atoms with Crippen molar-refractivity contribution >= 4 is 46.6 Å². The smallest absolute Gasteiger partial charge is 0.303 e. The molecule has 26 heavy (non-hydrogen) atoms. The fourth-order valence-corrected chi connectivity index (χ4v) is 2.42. The Morgan fingerprint density at radius 2 is 0.885 bits per heavy atom. The number of carboxylic acid groups (broad SMARTS) is 2. The van der Waals surface area contributed by atoms with Crippen LogP contribution in [-0.4, -0.2) is 58.6 Å². The van der Waals surface area contributed by atoms with E-state index in [0.29, 0.717) is 36.2 Å². The first kappa shape index (κ1) is 24.3. The van der Waals surface area contributed by atoms with Crippen LogP contribution >= 0.6 is 24.4 Å². The van der Waals surface area contributed by atoms with E-state index in [1.54, 1.807) is 0 Å². The first-order chi connectivity index (χ1) is 12.4. The Morgan fingerprint density at radius 1 is 0.577 bits per heavy atom. The largest absolute Gasteiger partial charge is 0.481 e. The maximum absolute atomic E-state index is 10.4. The molecule has 0 aromatic carbocycles. The van der Waals surface area contributed by atoms with Gasteiger partial charge in [-0.2, -0.15) is 0 Å². The minimum absolute atomic E-state index is 0.144. The van der Waals surface area contributed by atoms with E-state index in [1.807, 2.05) is 0 Å². The lowest BCUT2D eigenvalue weighted by atomic mass is 10.2. The zero-order chi connectivity index (χ0) is 19.6. The molecule has 0 aliphatic rings. The molecule has 0 radical (unpaired) electrons. The SMILES string of the molecule is O=C(O)CCCNC(=S)NCCCCCCNC(=S)NCCCC(=O)O. The van der Waals surface area contributed by atoms with Crippen LogP contribution in [0.3, 0.4) is 0 Å². The van der Waals surface area contributed by atoms with Crippen LogP contribution in [0.15, 0.2) is 0 Å². The zero-order valence-electron chi connectivity index (χ0n) is 15.0. The van der Waals surface area contributed by atoms with Gasteiger partial charge in [0.05, 0.1) is 0 Å². The predicted octanol–water partition coefficient (Wildman–Crippen LogP) is 1.20. The minimum Gasteiger partial charge on any atom is -0.481 e. The van der Waals surface area contributed by atoms with E-state index in [9.17, 15) is 9.59 Å². The Morgan fingerprint density at radius 3 is 1.19 bits per heavy atom. The Kier molecular flexibility index (Phi) is 15.7. The van der Waals surface area contributed by atoms with E-state index in [2.05, 4.69) is 21.3 Å². The van der Waals surface area contributed by atoms with Gasteiger partial charge in [-0.1, -0.05) is 12.8 Å². The lowest BCUT2D eigenvalue weighted by Crippen LogP contribution is -2.36. The number of unbranched alkanes of at least 4 members (excludes halogenated alkanes) is 3. The highest BCUT2D eigenvalue weighted by Gasteiger charge is 1.99. The van der Waals surface area contributed by atoms with Crippen LogP contribution in [0, 0.1) is 0 Å². The fourth-order valence-electron chi connectivity index (χ4n) is 2.02. The third-order valence-electron chi connectivity index (χ3n) is 3.38. The quantitative estimate of drug-likeness (QED) is 0.175. The van der Waals surface area contributed by atoms with Crippen LogP contribution in [0.1, 0.15) is 51.4 Å². The van der Waals surface area contributed by atoms with Crippen LogP contribution in [0.2, 0.25) is 0 Å². The summed E-state index contributed by atoms with van der Waals surface area (Å²) in [5.74, 6) is -1.59. The second-order valence-corrected chi connectivity index (χ2v) is 6.59. The van der Waals surface area contributed by atoms with Gasteiger partial charge in [0.15, 0.2) is 10.2 Å². The summed E-state index contributed by atoms with van der Waals surface area (Å²) in [5, 5.41) is 30.4. The second kappa shape index (κ2) is 16.8. The molecule has 0 spiro atoms. The molecule has 0 amide bonds. The molecule has 0 saturated heterocycles. The summed E-state index contributed by atoms with van der Waals surface area (Å²) in [4.78, 5) is 20.7. The van der Waals surface area contributed by atoms with Crippen molar-refractivity contribution in [2.45, 2.75) is 51.4 Å². The van der Waals surface area contributed by atoms with Gasteiger partial charge >= 0.3 is 11.9 Å². The molecule has 0 heterocycles. The van der Waals surface area contributed by atoms with E-state index in [-0.39, 0.29) is 12.8 Å². The molecule has 0 aliphatic heterocycles. The average molecular weight is 407 g/mol. The molecule has 0 bridgehead atoms. The van der Waals surface area contributed by atoms with Crippen molar-refractivity contribution in [3.8, 4) is 0 Å². The molecular formula is C16H30N4O4S2. The number of hydrogen-bond donors (Lipinski definition) is 6. The van der Waals surface area contributed by atoms with Crippen LogP contribution in [0.4, 0.5) is 0 Å². The number of thiocarbonyl (C=S) groups is 2. The Hall–Kier alpha value is -1.68. The van der Waals surface area contributed by atoms with E-state index >= 15 is 0 Å². The molecule has 8 nitrogen and oxygen atoms in total. The van der Waals surface area contributed by atoms with Crippen molar-refractivity contribution in [2.24, 2.45) is 0 Å². The van der Waals surface area contributed by atoms with Crippen molar-refractivity contribution < 1.29 is 19.8 Å². The standard InChI is InChI=1S/C16H30N4O4S2/c21-13(22)7-5-11-19-15(25)17-9-3-1-2-4-10-18-16(26)20-12-6-8-14(23)24/h1-12H2,(H,21,22)(H,23,24)(H2,17,19,25)(H2,18,20,26). The number of rotatable bonds is 15. The summed E-state index contributed by atoms with van der Waals surface area (Å²) in [6.45, 7) is 2.71. The maximum atomic E-state index is 10.4. The van der Waals surface area contributed by atoms with Crippen LogP contribution < -0.4 is 21.3 Å². The normalized spacial score (nSPS) is 10.0. The molecule has 150 valence electrons. The summed E-state index contributed by atoms with van der Waals surface area (Å²) in [6, 6.07) is 0. The fraction of sp³-hybridized carbons (Fsp3) is 0.750. The van der Waals surface area contributed by atoms with Crippen LogP contribution in [-0.2, 0) is 9.59 Å². The summed E-state index contributed by atoms with van der Waals surface area (Å²) >= 11 is 10.2. The number of carbonyl (C=O) groups is 2. The highest BCUT2D eigenvalue weighted by Crippen LogP contribution is 1.98. The molecule has 6 N–H and O–H groups in total. The van der Waals surface area contributed by atoms with Gasteiger partial charge in [-0.15, -0.1) is 0 Å². The predicted molar refractivity (Wildman–Crippen MR) is 109 cm³/mol.